The molecule has 3 heteroatoms. The minimum Gasteiger partial charge on any atom is -0.300 e. The van der Waals surface area contributed by atoms with Crippen LogP contribution in [0.15, 0.2) is 11.6 Å². The minimum atomic E-state index is -0.121. The molecule has 0 saturated heterocycles. The third-order valence-corrected chi connectivity index (χ3v) is 8.28. The van der Waals surface area contributed by atoms with Crippen LogP contribution in [0.1, 0.15) is 65.7 Å². The average Bonchev–Trinajstić information content (AvgIpc) is 2.87. The molecule has 0 heterocycles. The lowest BCUT2D eigenvalue weighted by Crippen LogP contribution is -2.53. The van der Waals surface area contributed by atoms with E-state index in [0.29, 0.717) is 36.4 Å². The van der Waals surface area contributed by atoms with Gasteiger partial charge in [0.25, 0.3) is 0 Å². The molecule has 3 nitrogen and oxygen atoms in total. The van der Waals surface area contributed by atoms with E-state index in [4.69, 9.17) is 0 Å². The van der Waals surface area contributed by atoms with Gasteiger partial charge in [0.1, 0.15) is 5.78 Å². The molecule has 0 aromatic heterocycles. The Morgan fingerprint density at radius 2 is 1.83 bits per heavy atom. The van der Waals surface area contributed by atoms with E-state index in [9.17, 15) is 14.4 Å². The molecule has 0 aromatic carbocycles. The molecule has 4 rings (SSSR count). The van der Waals surface area contributed by atoms with Crippen LogP contribution in [0.2, 0.25) is 0 Å². The quantitative estimate of drug-likeness (QED) is 0.733. The van der Waals surface area contributed by atoms with Crippen LogP contribution >= 0.6 is 0 Å². The predicted molar refractivity (Wildman–Crippen MR) is 91.3 cm³/mol. The molecule has 3 unspecified atom stereocenters. The van der Waals surface area contributed by atoms with Crippen molar-refractivity contribution in [3.63, 3.8) is 0 Å². The molecule has 0 spiro atoms. The topological polar surface area (TPSA) is 51.2 Å². The second-order valence-corrected chi connectivity index (χ2v) is 9.23. The van der Waals surface area contributed by atoms with Gasteiger partial charge >= 0.3 is 0 Å². The molecule has 3 fully saturated rings. The molecule has 0 amide bonds. The minimum absolute atomic E-state index is 0.0787. The van der Waals surface area contributed by atoms with Crippen molar-refractivity contribution in [3.05, 3.63) is 11.6 Å². The van der Waals surface area contributed by atoms with Gasteiger partial charge in [0.2, 0.25) is 0 Å². The first-order valence-corrected chi connectivity index (χ1v) is 9.56. The lowest BCUT2D eigenvalue weighted by atomic mass is 9.46. The lowest BCUT2D eigenvalue weighted by molar-refractivity contribution is -0.134. The predicted octanol–water partition coefficient (Wildman–Crippen LogP) is 3.90. The zero-order valence-corrected chi connectivity index (χ0v) is 15.1. The van der Waals surface area contributed by atoms with Gasteiger partial charge < -0.3 is 0 Å². The SMILES string of the molecule is CC(=O)[C@H]1CCC2C3CC(=O)C4=CC(=O)CC[C@]4(C)C3CC[C@@]21C. The smallest absolute Gasteiger partial charge is 0.159 e. The molecular formula is C21H28O3. The third kappa shape index (κ3) is 1.99. The molecule has 130 valence electrons. The maximum absolute atomic E-state index is 12.9. The Bertz CT molecular complexity index is 660. The first kappa shape index (κ1) is 16.2. The van der Waals surface area contributed by atoms with Crippen molar-refractivity contribution in [2.45, 2.75) is 65.7 Å². The Morgan fingerprint density at radius 1 is 1.08 bits per heavy atom. The number of ketones is 3. The first-order chi connectivity index (χ1) is 11.3. The van der Waals surface area contributed by atoms with Gasteiger partial charge in [0.05, 0.1) is 0 Å². The van der Waals surface area contributed by atoms with Crippen molar-refractivity contribution in [2.24, 2.45) is 34.5 Å². The van der Waals surface area contributed by atoms with Crippen molar-refractivity contribution in [2.75, 3.05) is 0 Å². The summed E-state index contributed by atoms with van der Waals surface area (Å²) in [7, 11) is 0. The van der Waals surface area contributed by atoms with Crippen molar-refractivity contribution >= 4 is 17.3 Å². The zero-order valence-electron chi connectivity index (χ0n) is 15.1. The molecule has 0 N–H and O–H groups in total. The largest absolute Gasteiger partial charge is 0.300 e. The molecule has 0 aromatic rings. The van der Waals surface area contributed by atoms with E-state index in [1.807, 2.05) is 0 Å². The summed E-state index contributed by atoms with van der Waals surface area (Å²) >= 11 is 0. The highest BCUT2D eigenvalue weighted by Crippen LogP contribution is 2.66. The number of allylic oxidation sites excluding steroid dienone is 1. The zero-order chi connectivity index (χ0) is 17.3. The van der Waals surface area contributed by atoms with Gasteiger partial charge in [0, 0.05) is 24.3 Å². The molecule has 6 atom stereocenters. The Kier molecular flexibility index (Phi) is 3.47. The molecule has 0 bridgehead atoms. The molecule has 0 radical (unpaired) electrons. The van der Waals surface area contributed by atoms with E-state index in [0.717, 1.165) is 37.7 Å². The number of Topliss-reactive ketones (excluding diaryl/α,β-unsaturated/α-hetero) is 2. The van der Waals surface area contributed by atoms with E-state index in [1.165, 1.54) is 0 Å². The molecule has 4 aliphatic carbocycles. The maximum Gasteiger partial charge on any atom is 0.159 e. The fraction of sp³-hybridized carbons (Fsp3) is 0.762. The second kappa shape index (κ2) is 5.12. The van der Waals surface area contributed by atoms with E-state index in [1.54, 1.807) is 13.0 Å². The third-order valence-electron chi connectivity index (χ3n) is 8.28. The number of fused-ring (bicyclic) bond motifs is 5. The van der Waals surface area contributed by atoms with Crippen molar-refractivity contribution in [3.8, 4) is 0 Å². The van der Waals surface area contributed by atoms with Gasteiger partial charge in [-0.05, 0) is 73.7 Å². The number of carbonyl (C=O) groups excluding carboxylic acids is 3. The Morgan fingerprint density at radius 3 is 2.54 bits per heavy atom. The van der Waals surface area contributed by atoms with Crippen LogP contribution in [-0.2, 0) is 14.4 Å². The molecular weight excluding hydrogens is 300 g/mol. The second-order valence-electron chi connectivity index (χ2n) is 9.23. The van der Waals surface area contributed by atoms with E-state index in [-0.39, 0.29) is 28.3 Å². The Hall–Kier alpha value is -1.25. The fourth-order valence-corrected chi connectivity index (χ4v) is 7.05. The van der Waals surface area contributed by atoms with E-state index < -0.39 is 0 Å². The molecule has 3 saturated carbocycles. The summed E-state index contributed by atoms with van der Waals surface area (Å²) in [6, 6.07) is 0. The molecule has 24 heavy (non-hydrogen) atoms. The van der Waals surface area contributed by atoms with E-state index >= 15 is 0 Å². The van der Waals surface area contributed by atoms with Gasteiger partial charge in [-0.3, -0.25) is 14.4 Å². The summed E-state index contributed by atoms with van der Waals surface area (Å²) in [5.74, 6) is 2.21. The van der Waals surface area contributed by atoms with Gasteiger partial charge in [0.15, 0.2) is 11.6 Å². The van der Waals surface area contributed by atoms with Crippen LogP contribution in [0.3, 0.4) is 0 Å². The van der Waals surface area contributed by atoms with Crippen molar-refractivity contribution in [1.82, 2.24) is 0 Å². The fourth-order valence-electron chi connectivity index (χ4n) is 7.05. The maximum atomic E-state index is 12.9. The number of rotatable bonds is 1. The normalized spacial score (nSPS) is 47.5. The van der Waals surface area contributed by atoms with Gasteiger partial charge in [-0.1, -0.05) is 13.8 Å². The van der Waals surface area contributed by atoms with Gasteiger partial charge in [-0.2, -0.15) is 0 Å². The van der Waals surface area contributed by atoms with Crippen molar-refractivity contribution in [1.29, 1.82) is 0 Å². The van der Waals surface area contributed by atoms with Crippen LogP contribution in [-0.4, -0.2) is 17.3 Å². The number of hydrogen-bond acceptors (Lipinski definition) is 3. The van der Waals surface area contributed by atoms with Crippen LogP contribution in [0, 0.1) is 34.5 Å². The highest BCUT2D eigenvalue weighted by Gasteiger charge is 2.61. The van der Waals surface area contributed by atoms with Gasteiger partial charge in [-0.25, -0.2) is 0 Å². The van der Waals surface area contributed by atoms with Crippen LogP contribution in [0.5, 0.6) is 0 Å². The summed E-state index contributed by atoms with van der Waals surface area (Å²) in [5, 5.41) is 0. The van der Waals surface area contributed by atoms with Gasteiger partial charge in [-0.15, -0.1) is 0 Å². The number of hydrogen-bond donors (Lipinski definition) is 0. The van der Waals surface area contributed by atoms with Crippen LogP contribution < -0.4 is 0 Å². The number of carbonyl (C=O) groups is 3. The summed E-state index contributed by atoms with van der Waals surface area (Å²) in [4.78, 5) is 36.9. The highest BCUT2D eigenvalue weighted by molar-refractivity contribution is 6.05. The molecule has 0 aliphatic heterocycles. The Labute approximate surface area is 144 Å². The summed E-state index contributed by atoms with van der Waals surface area (Å²) in [5.41, 5.74) is 0.767. The summed E-state index contributed by atoms with van der Waals surface area (Å²) < 4.78 is 0. The van der Waals surface area contributed by atoms with Crippen LogP contribution in [0.25, 0.3) is 0 Å². The Balaban J connectivity index is 1.72. The average molecular weight is 328 g/mol. The lowest BCUT2D eigenvalue weighted by Gasteiger charge is -2.57. The summed E-state index contributed by atoms with van der Waals surface area (Å²) in [6.45, 7) is 6.26. The standard InChI is InChI=1S/C21H28O3/c1-12(22)15-4-5-16-14-11-19(24)18-10-13(23)6-8-21(18,3)17(14)7-9-20(15,16)2/h10,14-17H,4-9,11H2,1-3H3/t14?,15-,16?,17?,20-,21-/m1/s1. The monoisotopic (exact) mass is 328 g/mol. The molecule has 4 aliphatic rings. The van der Waals surface area contributed by atoms with Crippen molar-refractivity contribution < 1.29 is 14.4 Å². The highest BCUT2D eigenvalue weighted by atomic mass is 16.1. The summed E-state index contributed by atoms with van der Waals surface area (Å²) in [6.07, 6.45) is 7.91. The first-order valence-electron chi connectivity index (χ1n) is 9.56. The van der Waals surface area contributed by atoms with E-state index in [2.05, 4.69) is 13.8 Å². The van der Waals surface area contributed by atoms with Crippen LogP contribution in [0.4, 0.5) is 0 Å².